The zero-order chi connectivity index (χ0) is 26.2. The van der Waals surface area contributed by atoms with Gasteiger partial charge in [0.2, 0.25) is 5.82 Å². The minimum absolute atomic E-state index is 0.182. The van der Waals surface area contributed by atoms with Gasteiger partial charge in [-0.25, -0.2) is 19.7 Å². The van der Waals surface area contributed by atoms with Crippen LogP contribution in [0, 0.1) is 30.1 Å². The van der Waals surface area contributed by atoms with E-state index in [0.29, 0.717) is 35.1 Å². The average Bonchev–Trinajstić information content (AvgIpc) is 3.21. The van der Waals surface area contributed by atoms with Gasteiger partial charge in [-0.2, -0.15) is 0 Å². The van der Waals surface area contributed by atoms with Gasteiger partial charge in [-0.05, 0) is 93.7 Å². The van der Waals surface area contributed by atoms with Crippen molar-refractivity contribution in [2.45, 2.75) is 89.6 Å². The van der Waals surface area contributed by atoms with Gasteiger partial charge >= 0.3 is 5.97 Å². The molecule has 0 unspecified atom stereocenters. The Balaban J connectivity index is 1.46. The molecule has 2 N–H and O–H groups in total. The summed E-state index contributed by atoms with van der Waals surface area (Å²) in [5, 5.41) is 13.4. The van der Waals surface area contributed by atoms with Crippen molar-refractivity contribution in [3.63, 3.8) is 0 Å². The van der Waals surface area contributed by atoms with Gasteiger partial charge < -0.3 is 15.0 Å². The number of carboxylic acids is 1. The summed E-state index contributed by atoms with van der Waals surface area (Å²) in [7, 11) is 0. The van der Waals surface area contributed by atoms with E-state index in [-0.39, 0.29) is 11.9 Å². The van der Waals surface area contributed by atoms with Gasteiger partial charge in [0, 0.05) is 24.7 Å². The van der Waals surface area contributed by atoms with Gasteiger partial charge in [0.1, 0.15) is 11.2 Å². The molecule has 198 valence electrons. The molecule has 8 heteroatoms. The first-order valence-corrected chi connectivity index (χ1v) is 14.2. The molecule has 3 aromatic rings. The van der Waals surface area contributed by atoms with Crippen molar-refractivity contribution < 1.29 is 9.90 Å². The number of terminal acetylenes is 1. The Labute approximate surface area is 223 Å². The van der Waals surface area contributed by atoms with Gasteiger partial charge in [0.15, 0.2) is 17.3 Å². The molecular weight excluding hydrogens is 476 g/mol. The number of hydrogen-bond acceptors (Lipinski definition) is 6. The fraction of sp³-hybridized carbons (Fsp3) is 0.567. The van der Waals surface area contributed by atoms with Crippen molar-refractivity contribution in [2.75, 3.05) is 5.32 Å². The van der Waals surface area contributed by atoms with Crippen LogP contribution in [0.5, 0.6) is 0 Å². The quantitative estimate of drug-likeness (QED) is 0.362. The summed E-state index contributed by atoms with van der Waals surface area (Å²) in [6.45, 7) is 2.91. The predicted molar refractivity (Wildman–Crippen MR) is 147 cm³/mol. The Kier molecular flexibility index (Phi) is 6.77. The number of nitrogens with zero attached hydrogens (tertiary/aromatic N) is 5. The number of aromatic nitrogens is 5. The first-order chi connectivity index (χ1) is 18.5. The first kappa shape index (κ1) is 24.8. The lowest BCUT2D eigenvalue weighted by molar-refractivity contribution is 0.0684. The number of carbonyl (C=O) groups is 1. The molecule has 3 aliphatic rings. The van der Waals surface area contributed by atoms with E-state index in [1.807, 2.05) is 6.20 Å². The smallest absolute Gasteiger partial charge is 0.374 e. The number of rotatable bonds is 8. The largest absolute Gasteiger partial charge is 0.475 e. The van der Waals surface area contributed by atoms with E-state index in [4.69, 9.17) is 16.4 Å². The fourth-order valence-electron chi connectivity index (χ4n) is 6.21. The maximum absolute atomic E-state index is 12.0. The third kappa shape index (κ3) is 4.75. The molecule has 0 amide bonds. The van der Waals surface area contributed by atoms with Crippen molar-refractivity contribution in [2.24, 2.45) is 17.8 Å². The van der Waals surface area contributed by atoms with Gasteiger partial charge in [-0.15, -0.1) is 12.3 Å². The van der Waals surface area contributed by atoms with E-state index in [2.05, 4.69) is 44.8 Å². The first-order valence-electron chi connectivity index (χ1n) is 14.2. The zero-order valence-corrected chi connectivity index (χ0v) is 22.1. The third-order valence-corrected chi connectivity index (χ3v) is 9.13. The Hall–Kier alpha value is -3.47. The molecule has 3 fully saturated rings. The van der Waals surface area contributed by atoms with E-state index in [9.17, 15) is 9.90 Å². The van der Waals surface area contributed by atoms with Crippen molar-refractivity contribution in [3.8, 4) is 23.9 Å². The number of anilines is 1. The SMILES string of the molecule is C#CC1CCC(Cn2c(-c3cc(C4CCC4)ccn3)nc3nc(C(=O)O)nc(N[C@H](C)C4CCC4)c32)CC1. The van der Waals surface area contributed by atoms with Crippen LogP contribution >= 0.6 is 0 Å². The molecule has 3 aliphatic carbocycles. The molecule has 1 atom stereocenters. The number of pyridine rings is 1. The van der Waals surface area contributed by atoms with Crippen LogP contribution < -0.4 is 5.32 Å². The molecule has 3 aromatic heterocycles. The number of fused-ring (bicyclic) bond motifs is 1. The monoisotopic (exact) mass is 512 g/mol. The second-order valence-electron chi connectivity index (χ2n) is 11.5. The van der Waals surface area contributed by atoms with E-state index < -0.39 is 5.97 Å². The summed E-state index contributed by atoms with van der Waals surface area (Å²) in [5.74, 6) is 4.77. The molecule has 3 saturated carbocycles. The van der Waals surface area contributed by atoms with Crippen molar-refractivity contribution in [1.29, 1.82) is 0 Å². The molecule has 0 aliphatic heterocycles. The summed E-state index contributed by atoms with van der Waals surface area (Å²) in [5.41, 5.74) is 3.28. The molecule has 0 saturated heterocycles. The van der Waals surface area contributed by atoms with Crippen molar-refractivity contribution in [3.05, 3.63) is 29.7 Å². The second-order valence-corrected chi connectivity index (χ2v) is 11.5. The highest BCUT2D eigenvalue weighted by Gasteiger charge is 2.29. The molecule has 0 spiro atoms. The van der Waals surface area contributed by atoms with Crippen LogP contribution in [-0.2, 0) is 6.54 Å². The molecule has 3 heterocycles. The van der Waals surface area contributed by atoms with Crippen LogP contribution in [0.3, 0.4) is 0 Å². The van der Waals surface area contributed by atoms with Gasteiger partial charge in [0.05, 0.1) is 0 Å². The summed E-state index contributed by atoms with van der Waals surface area (Å²) in [6.07, 6.45) is 19.0. The maximum Gasteiger partial charge on any atom is 0.374 e. The number of nitrogens with one attached hydrogen (secondary N) is 1. The number of imidazole rings is 1. The number of hydrogen-bond donors (Lipinski definition) is 2. The van der Waals surface area contributed by atoms with E-state index in [1.165, 1.54) is 44.1 Å². The Morgan fingerprint density at radius 2 is 1.89 bits per heavy atom. The minimum atomic E-state index is -1.15. The van der Waals surface area contributed by atoms with Gasteiger partial charge in [-0.3, -0.25) is 4.98 Å². The van der Waals surface area contributed by atoms with Crippen LogP contribution in [0.25, 0.3) is 22.7 Å². The molecule has 0 bridgehead atoms. The zero-order valence-electron chi connectivity index (χ0n) is 22.1. The van der Waals surface area contributed by atoms with Crippen molar-refractivity contribution >= 4 is 23.0 Å². The van der Waals surface area contributed by atoms with Crippen LogP contribution in [0.2, 0.25) is 0 Å². The molecule has 8 nitrogen and oxygen atoms in total. The van der Waals surface area contributed by atoms with Crippen LogP contribution in [0.1, 0.15) is 93.2 Å². The lowest BCUT2D eigenvalue weighted by atomic mass is 9.80. The molecule has 6 rings (SSSR count). The molecule has 38 heavy (non-hydrogen) atoms. The van der Waals surface area contributed by atoms with Gasteiger partial charge in [0.25, 0.3) is 0 Å². The van der Waals surface area contributed by atoms with Crippen LogP contribution in [-0.4, -0.2) is 41.6 Å². The Morgan fingerprint density at radius 3 is 2.53 bits per heavy atom. The van der Waals surface area contributed by atoms with E-state index in [1.54, 1.807) is 0 Å². The van der Waals surface area contributed by atoms with Crippen molar-refractivity contribution in [1.82, 2.24) is 24.5 Å². The molecule has 0 aromatic carbocycles. The molecular formula is C30H36N6O2. The highest BCUT2D eigenvalue weighted by atomic mass is 16.4. The maximum atomic E-state index is 12.0. The Morgan fingerprint density at radius 1 is 1.13 bits per heavy atom. The topological polar surface area (TPSA) is 106 Å². The number of carboxylic acid groups (broad SMARTS) is 1. The summed E-state index contributed by atoms with van der Waals surface area (Å²) < 4.78 is 2.20. The predicted octanol–water partition coefficient (Wildman–Crippen LogP) is 5.89. The lowest BCUT2D eigenvalue weighted by Gasteiger charge is -2.32. The number of aromatic carboxylic acids is 1. The van der Waals surface area contributed by atoms with E-state index >= 15 is 0 Å². The third-order valence-electron chi connectivity index (χ3n) is 9.13. The Bertz CT molecular complexity index is 1380. The lowest BCUT2D eigenvalue weighted by Crippen LogP contribution is -2.31. The van der Waals surface area contributed by atoms with Crippen LogP contribution in [0.15, 0.2) is 18.3 Å². The summed E-state index contributed by atoms with van der Waals surface area (Å²) in [4.78, 5) is 30.5. The fourth-order valence-corrected chi connectivity index (χ4v) is 6.21. The standard InChI is InChI=1S/C30H36N6O2/c1-3-19-10-12-20(13-11-19)17-36-25-26(32-18(2)21-6-4-7-21)33-28(30(37)38)34-27(25)35-29(36)24-16-23(14-15-31-24)22-8-5-9-22/h1,14-16,18-22H,4-13,17H2,2H3,(H,37,38)(H,32,33,34)/t18-,19?,20?/m1/s1. The highest BCUT2D eigenvalue weighted by Crippen LogP contribution is 2.39. The normalized spacial score (nSPS) is 22.8. The average molecular weight is 513 g/mol. The minimum Gasteiger partial charge on any atom is -0.475 e. The van der Waals surface area contributed by atoms with Gasteiger partial charge in [-0.1, -0.05) is 12.8 Å². The molecule has 0 radical (unpaired) electrons. The highest BCUT2D eigenvalue weighted by molar-refractivity contribution is 5.92. The van der Waals surface area contributed by atoms with E-state index in [0.717, 1.165) is 49.3 Å². The van der Waals surface area contributed by atoms with Crippen LogP contribution in [0.4, 0.5) is 5.82 Å². The summed E-state index contributed by atoms with van der Waals surface area (Å²) >= 11 is 0. The summed E-state index contributed by atoms with van der Waals surface area (Å²) in [6, 6.07) is 4.45. The second kappa shape index (κ2) is 10.4.